The molecular formula is C21H20F3N3O3. The molecule has 0 fully saturated rings. The maximum absolute atomic E-state index is 13.3. The van der Waals surface area contributed by atoms with Gasteiger partial charge in [0.1, 0.15) is 0 Å². The molecule has 0 spiro atoms. The summed E-state index contributed by atoms with van der Waals surface area (Å²) in [6.45, 7) is 5.27. The molecule has 0 bridgehead atoms. The normalized spacial score (nSPS) is 16.9. The van der Waals surface area contributed by atoms with Crippen molar-refractivity contribution in [3.63, 3.8) is 0 Å². The van der Waals surface area contributed by atoms with Gasteiger partial charge in [0.2, 0.25) is 12.2 Å². The molecule has 0 aromatic heterocycles. The Morgan fingerprint density at radius 2 is 1.77 bits per heavy atom. The Morgan fingerprint density at radius 1 is 1.13 bits per heavy atom. The van der Waals surface area contributed by atoms with Gasteiger partial charge in [-0.3, -0.25) is 24.7 Å². The van der Waals surface area contributed by atoms with Crippen molar-refractivity contribution in [1.82, 2.24) is 10.9 Å². The van der Waals surface area contributed by atoms with E-state index in [-0.39, 0.29) is 12.0 Å². The Bertz CT molecular complexity index is 1000. The molecule has 1 aliphatic heterocycles. The van der Waals surface area contributed by atoms with Gasteiger partial charge in [0.15, 0.2) is 0 Å². The minimum absolute atomic E-state index is 0.0710. The van der Waals surface area contributed by atoms with Gasteiger partial charge >= 0.3 is 6.18 Å². The minimum atomic E-state index is -4.56. The number of aryl methyl sites for hydroxylation is 2. The second-order valence-electron chi connectivity index (χ2n) is 7.31. The first-order valence-corrected chi connectivity index (χ1v) is 9.17. The molecule has 0 saturated carbocycles. The average Bonchev–Trinajstić information content (AvgIpc) is 2.95. The van der Waals surface area contributed by atoms with Gasteiger partial charge in [0.25, 0.3) is 5.91 Å². The molecule has 2 unspecified atom stereocenters. The van der Waals surface area contributed by atoms with Crippen LogP contribution in [0.15, 0.2) is 36.4 Å². The number of rotatable bonds is 5. The van der Waals surface area contributed by atoms with E-state index >= 15 is 0 Å². The van der Waals surface area contributed by atoms with Crippen molar-refractivity contribution < 1.29 is 27.6 Å². The highest BCUT2D eigenvalue weighted by Crippen LogP contribution is 2.46. The molecule has 0 aliphatic carbocycles. The van der Waals surface area contributed by atoms with Crippen molar-refractivity contribution in [2.75, 3.05) is 4.90 Å². The quantitative estimate of drug-likeness (QED) is 0.443. The molecule has 2 N–H and O–H groups in total. The van der Waals surface area contributed by atoms with Gasteiger partial charge in [-0.15, -0.1) is 0 Å². The Balaban J connectivity index is 2.10. The number of fused-ring (bicyclic) bond motifs is 1. The van der Waals surface area contributed by atoms with E-state index in [0.29, 0.717) is 11.3 Å². The van der Waals surface area contributed by atoms with E-state index < -0.39 is 35.5 Å². The number of nitrogens with zero attached hydrogens (tertiary/aromatic N) is 1. The Labute approximate surface area is 171 Å². The summed E-state index contributed by atoms with van der Waals surface area (Å²) in [4.78, 5) is 36.3. The van der Waals surface area contributed by atoms with Crippen molar-refractivity contribution in [2.45, 2.75) is 38.9 Å². The van der Waals surface area contributed by atoms with Gasteiger partial charge < -0.3 is 0 Å². The number of aldehydes is 1. The number of hydrogen-bond acceptors (Lipinski definition) is 4. The summed E-state index contributed by atoms with van der Waals surface area (Å²) < 4.78 is 40.0. The third-order valence-electron chi connectivity index (χ3n) is 4.91. The predicted molar refractivity (Wildman–Crippen MR) is 104 cm³/mol. The summed E-state index contributed by atoms with van der Waals surface area (Å²) in [5.41, 5.74) is 6.60. The molecule has 1 aliphatic rings. The Hall–Kier alpha value is -3.20. The lowest BCUT2D eigenvalue weighted by molar-refractivity contribution is -0.137. The van der Waals surface area contributed by atoms with E-state index in [1.807, 2.05) is 19.9 Å². The molecule has 9 heteroatoms. The molecule has 30 heavy (non-hydrogen) atoms. The van der Waals surface area contributed by atoms with Gasteiger partial charge in [0, 0.05) is 11.7 Å². The van der Waals surface area contributed by atoms with Crippen LogP contribution in [0.25, 0.3) is 0 Å². The number of nitrogens with one attached hydrogen (secondary N) is 2. The van der Waals surface area contributed by atoms with Crippen LogP contribution in [0.4, 0.5) is 24.5 Å². The summed E-state index contributed by atoms with van der Waals surface area (Å²) in [5.74, 6) is -2.23. The predicted octanol–water partition coefficient (Wildman–Crippen LogP) is 3.29. The third-order valence-corrected chi connectivity index (χ3v) is 4.91. The van der Waals surface area contributed by atoms with Gasteiger partial charge in [-0.1, -0.05) is 12.1 Å². The zero-order valence-electron chi connectivity index (χ0n) is 16.5. The van der Waals surface area contributed by atoms with Gasteiger partial charge in [-0.25, -0.2) is 5.43 Å². The number of anilines is 2. The molecule has 2 amide bonds. The maximum atomic E-state index is 13.3. The summed E-state index contributed by atoms with van der Waals surface area (Å²) in [6.07, 6.45) is -4.49. The van der Waals surface area contributed by atoms with Gasteiger partial charge in [-0.2, -0.15) is 13.2 Å². The minimum Gasteiger partial charge on any atom is -0.292 e. The largest absolute Gasteiger partial charge is 0.416 e. The molecule has 3 rings (SSSR count). The zero-order chi connectivity index (χ0) is 22.2. The van der Waals surface area contributed by atoms with Crippen LogP contribution in [0, 0.1) is 13.8 Å². The van der Waals surface area contributed by atoms with Crippen LogP contribution < -0.4 is 15.8 Å². The monoisotopic (exact) mass is 419 g/mol. The number of halogens is 3. The Kier molecular flexibility index (Phi) is 5.67. The number of benzene rings is 2. The average molecular weight is 419 g/mol. The lowest BCUT2D eigenvalue weighted by atomic mass is 9.93. The summed E-state index contributed by atoms with van der Waals surface area (Å²) in [5, 5.41) is 0. The van der Waals surface area contributed by atoms with Crippen LogP contribution in [-0.4, -0.2) is 24.1 Å². The fraction of sp³-hybridized carbons (Fsp3) is 0.286. The fourth-order valence-corrected chi connectivity index (χ4v) is 3.69. The van der Waals surface area contributed by atoms with Gasteiger partial charge in [-0.05, 0) is 61.7 Å². The van der Waals surface area contributed by atoms with E-state index in [1.54, 1.807) is 19.1 Å². The molecule has 6 nitrogen and oxygen atoms in total. The van der Waals surface area contributed by atoms with Crippen molar-refractivity contribution in [3.8, 4) is 0 Å². The van der Waals surface area contributed by atoms with Crippen LogP contribution >= 0.6 is 0 Å². The molecule has 2 aromatic carbocycles. The van der Waals surface area contributed by atoms with E-state index in [1.165, 1.54) is 11.0 Å². The first-order valence-electron chi connectivity index (χ1n) is 9.17. The van der Waals surface area contributed by atoms with E-state index in [9.17, 15) is 27.6 Å². The van der Waals surface area contributed by atoms with Crippen LogP contribution in [0.5, 0.6) is 0 Å². The van der Waals surface area contributed by atoms with Gasteiger partial charge in [0.05, 0.1) is 17.2 Å². The van der Waals surface area contributed by atoms with Crippen LogP contribution in [-0.2, 0) is 20.6 Å². The van der Waals surface area contributed by atoms with Crippen LogP contribution in [0.1, 0.15) is 35.1 Å². The van der Waals surface area contributed by atoms with Crippen molar-refractivity contribution >= 4 is 29.5 Å². The topological polar surface area (TPSA) is 78.5 Å². The number of hydrogen-bond donors (Lipinski definition) is 2. The van der Waals surface area contributed by atoms with E-state index in [4.69, 9.17) is 0 Å². The number of amides is 2. The summed E-state index contributed by atoms with van der Waals surface area (Å²) in [6, 6.07) is 7.83. The molecule has 0 radical (unpaired) electrons. The molecule has 1 heterocycles. The molecular weight excluding hydrogens is 399 g/mol. The van der Waals surface area contributed by atoms with E-state index in [0.717, 1.165) is 23.3 Å². The SMILES string of the molecule is Cc1cc(C)cc(N2C(=O)C(C(C)NNC(=O)C=O)c3ccc(C(F)(F)F)cc32)c1. The zero-order valence-corrected chi connectivity index (χ0v) is 16.5. The highest BCUT2D eigenvalue weighted by Gasteiger charge is 2.43. The Morgan fingerprint density at radius 3 is 2.33 bits per heavy atom. The van der Waals surface area contributed by atoms with Crippen LogP contribution in [0.3, 0.4) is 0 Å². The van der Waals surface area contributed by atoms with Crippen molar-refractivity contribution in [1.29, 1.82) is 0 Å². The maximum Gasteiger partial charge on any atom is 0.416 e. The lowest BCUT2D eigenvalue weighted by Crippen LogP contribution is -2.47. The highest BCUT2D eigenvalue weighted by molar-refractivity contribution is 6.23. The molecule has 2 atom stereocenters. The number of carbonyl (C=O) groups is 3. The van der Waals surface area contributed by atoms with Crippen LogP contribution in [0.2, 0.25) is 0 Å². The first-order chi connectivity index (χ1) is 14.0. The number of alkyl halides is 3. The van der Waals surface area contributed by atoms with Crippen molar-refractivity contribution in [2.24, 2.45) is 0 Å². The summed E-state index contributed by atoms with van der Waals surface area (Å²) >= 11 is 0. The lowest BCUT2D eigenvalue weighted by Gasteiger charge is -2.22. The third kappa shape index (κ3) is 4.06. The summed E-state index contributed by atoms with van der Waals surface area (Å²) in [7, 11) is 0. The smallest absolute Gasteiger partial charge is 0.292 e. The fourth-order valence-electron chi connectivity index (χ4n) is 3.69. The standard InChI is InChI=1S/C21H20F3N3O3/c1-11-6-12(2)8-15(7-11)27-17-9-14(21(22,23)24)4-5-16(17)19(20(27)30)13(3)25-26-18(29)10-28/h4-10,13,19,25H,1-3H3,(H,26,29). The highest BCUT2D eigenvalue weighted by atomic mass is 19.4. The molecule has 0 saturated heterocycles. The number of carbonyl (C=O) groups excluding carboxylic acids is 3. The van der Waals surface area contributed by atoms with E-state index in [2.05, 4.69) is 10.9 Å². The second kappa shape index (κ2) is 7.91. The molecule has 2 aromatic rings. The number of hydrazine groups is 1. The van der Waals surface area contributed by atoms with Crippen molar-refractivity contribution in [3.05, 3.63) is 58.7 Å². The first kappa shape index (κ1) is 21.5. The molecule has 158 valence electrons. The second-order valence-corrected chi connectivity index (χ2v) is 7.31.